The summed E-state index contributed by atoms with van der Waals surface area (Å²) in [6.45, 7) is 0.814. The van der Waals surface area contributed by atoms with Crippen LogP contribution >= 0.6 is 0 Å². The molecule has 108 valence electrons. The van der Waals surface area contributed by atoms with Gasteiger partial charge in [-0.2, -0.15) is 0 Å². The number of aliphatic hydroxyl groups is 1. The zero-order chi connectivity index (χ0) is 14.2. The quantitative estimate of drug-likeness (QED) is 0.837. The number of hydrogen-bond acceptors (Lipinski definition) is 3. The number of ether oxygens (including phenoxy) is 1. The van der Waals surface area contributed by atoms with Gasteiger partial charge in [-0.3, -0.25) is 4.79 Å². The molecule has 1 aliphatic rings. The van der Waals surface area contributed by atoms with Gasteiger partial charge in [-0.1, -0.05) is 30.3 Å². The van der Waals surface area contributed by atoms with Crippen LogP contribution in [0.5, 0.6) is 0 Å². The third-order valence-electron chi connectivity index (χ3n) is 3.38. The van der Waals surface area contributed by atoms with Crippen molar-refractivity contribution in [2.24, 2.45) is 0 Å². The molecule has 0 fully saturated rings. The molecular formula is C16H21NO3. The molecule has 1 unspecified atom stereocenters. The highest BCUT2D eigenvalue weighted by molar-refractivity contribution is 5.93. The Balaban J connectivity index is 2.03. The van der Waals surface area contributed by atoms with Gasteiger partial charge in [-0.25, -0.2) is 0 Å². The average molecular weight is 275 g/mol. The third-order valence-corrected chi connectivity index (χ3v) is 3.38. The van der Waals surface area contributed by atoms with Crippen LogP contribution in [-0.2, 0) is 9.53 Å². The lowest BCUT2D eigenvalue weighted by atomic mass is 10.0. The van der Waals surface area contributed by atoms with Gasteiger partial charge >= 0.3 is 0 Å². The smallest absolute Gasteiger partial charge is 0.250 e. The van der Waals surface area contributed by atoms with Gasteiger partial charge in [0.1, 0.15) is 0 Å². The van der Waals surface area contributed by atoms with Crippen molar-refractivity contribution in [2.75, 3.05) is 13.2 Å². The molecule has 1 aromatic carbocycles. The minimum Gasteiger partial charge on any atom is -0.501 e. The van der Waals surface area contributed by atoms with Gasteiger partial charge in [-0.05, 0) is 31.2 Å². The number of nitrogens with one attached hydrogen (secondary N) is 1. The van der Waals surface area contributed by atoms with Crippen molar-refractivity contribution in [2.45, 2.75) is 31.7 Å². The Morgan fingerprint density at radius 2 is 2.15 bits per heavy atom. The van der Waals surface area contributed by atoms with Gasteiger partial charge in [0.25, 0.3) is 5.91 Å². The van der Waals surface area contributed by atoms with Crippen molar-refractivity contribution in [3.05, 3.63) is 47.7 Å². The lowest BCUT2D eigenvalue weighted by Crippen LogP contribution is -2.30. The highest BCUT2D eigenvalue weighted by Gasteiger charge is 2.18. The van der Waals surface area contributed by atoms with Gasteiger partial charge in [0.05, 0.1) is 24.5 Å². The van der Waals surface area contributed by atoms with E-state index in [0.29, 0.717) is 18.6 Å². The van der Waals surface area contributed by atoms with Gasteiger partial charge in [0.15, 0.2) is 0 Å². The summed E-state index contributed by atoms with van der Waals surface area (Å²) in [4.78, 5) is 12.2. The molecule has 0 bridgehead atoms. The Kier molecular flexibility index (Phi) is 5.62. The molecule has 1 aliphatic heterocycles. The number of rotatable bonds is 6. The van der Waals surface area contributed by atoms with E-state index in [1.165, 1.54) is 0 Å². The van der Waals surface area contributed by atoms with Crippen LogP contribution in [0.2, 0.25) is 0 Å². The van der Waals surface area contributed by atoms with E-state index < -0.39 is 0 Å². The SMILES string of the molecule is O=C(NC(CCCO)c1ccccc1)C1=COCCC1. The molecule has 0 aliphatic carbocycles. The van der Waals surface area contributed by atoms with Crippen molar-refractivity contribution in [1.82, 2.24) is 5.32 Å². The lowest BCUT2D eigenvalue weighted by Gasteiger charge is -2.21. The first-order valence-corrected chi connectivity index (χ1v) is 7.08. The summed E-state index contributed by atoms with van der Waals surface area (Å²) in [5.74, 6) is -0.0727. The first-order valence-electron chi connectivity index (χ1n) is 7.08. The lowest BCUT2D eigenvalue weighted by molar-refractivity contribution is -0.118. The fourth-order valence-corrected chi connectivity index (χ4v) is 2.29. The highest BCUT2D eigenvalue weighted by Crippen LogP contribution is 2.20. The summed E-state index contributed by atoms with van der Waals surface area (Å²) < 4.78 is 5.21. The largest absolute Gasteiger partial charge is 0.501 e. The predicted octanol–water partition coefficient (Wildman–Crippen LogP) is 2.31. The standard InChI is InChI=1S/C16H21NO3/c18-10-4-9-15(13-6-2-1-3-7-13)17-16(19)14-8-5-11-20-12-14/h1-3,6-7,12,15,18H,4-5,8-11H2,(H,17,19). The van der Waals surface area contributed by atoms with Gasteiger partial charge in [0.2, 0.25) is 0 Å². The fourth-order valence-electron chi connectivity index (χ4n) is 2.29. The number of hydrogen-bond donors (Lipinski definition) is 2. The number of amides is 1. The molecule has 2 rings (SSSR count). The van der Waals surface area contributed by atoms with E-state index in [2.05, 4.69) is 5.32 Å². The Hall–Kier alpha value is -1.81. The molecule has 20 heavy (non-hydrogen) atoms. The molecule has 1 heterocycles. The zero-order valence-corrected chi connectivity index (χ0v) is 11.5. The predicted molar refractivity (Wildman–Crippen MR) is 76.9 cm³/mol. The molecule has 0 saturated heterocycles. The summed E-state index contributed by atoms with van der Waals surface area (Å²) in [6.07, 6.45) is 4.59. The maximum absolute atomic E-state index is 12.2. The molecular weight excluding hydrogens is 254 g/mol. The molecule has 1 atom stereocenters. The molecule has 0 saturated carbocycles. The third kappa shape index (κ3) is 4.10. The molecule has 1 amide bonds. The van der Waals surface area contributed by atoms with Crippen molar-refractivity contribution in [3.63, 3.8) is 0 Å². The minimum absolute atomic E-state index is 0.0707. The van der Waals surface area contributed by atoms with E-state index in [9.17, 15) is 4.79 Å². The fraction of sp³-hybridized carbons (Fsp3) is 0.438. The summed E-state index contributed by atoms with van der Waals surface area (Å²) >= 11 is 0. The van der Waals surface area contributed by atoms with Crippen molar-refractivity contribution < 1.29 is 14.6 Å². The average Bonchev–Trinajstić information content (AvgIpc) is 2.53. The Morgan fingerprint density at radius 3 is 2.80 bits per heavy atom. The molecule has 0 aromatic heterocycles. The van der Waals surface area contributed by atoms with Crippen LogP contribution in [-0.4, -0.2) is 24.2 Å². The minimum atomic E-state index is -0.0727. The first-order chi connectivity index (χ1) is 9.81. The van der Waals surface area contributed by atoms with Gasteiger partial charge in [-0.15, -0.1) is 0 Å². The highest BCUT2D eigenvalue weighted by atomic mass is 16.5. The van der Waals surface area contributed by atoms with Crippen LogP contribution in [0.15, 0.2) is 42.2 Å². The monoisotopic (exact) mass is 275 g/mol. The van der Waals surface area contributed by atoms with Gasteiger partial charge in [0, 0.05) is 6.61 Å². The molecule has 1 aromatic rings. The van der Waals surface area contributed by atoms with Gasteiger partial charge < -0.3 is 15.2 Å². The van der Waals surface area contributed by atoms with E-state index in [0.717, 1.165) is 24.8 Å². The maximum atomic E-state index is 12.2. The second-order valence-corrected chi connectivity index (χ2v) is 4.92. The topological polar surface area (TPSA) is 58.6 Å². The number of carbonyl (C=O) groups excluding carboxylic acids is 1. The van der Waals surface area contributed by atoms with Crippen molar-refractivity contribution in [3.8, 4) is 0 Å². The number of carbonyl (C=O) groups is 1. The summed E-state index contributed by atoms with van der Waals surface area (Å²) in [6, 6.07) is 9.78. The van der Waals surface area contributed by atoms with Crippen molar-refractivity contribution in [1.29, 1.82) is 0 Å². The maximum Gasteiger partial charge on any atom is 0.250 e. The Bertz CT molecular complexity index is 456. The van der Waals surface area contributed by atoms with Crippen LogP contribution in [0.3, 0.4) is 0 Å². The molecule has 4 nitrogen and oxygen atoms in total. The number of benzene rings is 1. The Morgan fingerprint density at radius 1 is 1.35 bits per heavy atom. The molecule has 2 N–H and O–H groups in total. The molecule has 0 radical (unpaired) electrons. The van der Waals surface area contributed by atoms with Crippen LogP contribution in [0, 0.1) is 0 Å². The van der Waals surface area contributed by atoms with Crippen LogP contribution in [0.25, 0.3) is 0 Å². The summed E-state index contributed by atoms with van der Waals surface area (Å²) in [5.41, 5.74) is 1.76. The first kappa shape index (κ1) is 14.6. The van der Waals surface area contributed by atoms with E-state index in [1.807, 2.05) is 30.3 Å². The van der Waals surface area contributed by atoms with E-state index in [4.69, 9.17) is 9.84 Å². The number of aliphatic hydroxyl groups excluding tert-OH is 1. The van der Waals surface area contributed by atoms with Crippen LogP contribution in [0.1, 0.15) is 37.3 Å². The van der Waals surface area contributed by atoms with Crippen molar-refractivity contribution >= 4 is 5.91 Å². The normalized spacial score (nSPS) is 15.9. The summed E-state index contributed by atoms with van der Waals surface area (Å²) in [7, 11) is 0. The molecule has 0 spiro atoms. The second-order valence-electron chi connectivity index (χ2n) is 4.92. The summed E-state index contributed by atoms with van der Waals surface area (Å²) in [5, 5.41) is 12.0. The second kappa shape index (κ2) is 7.70. The van der Waals surface area contributed by atoms with Crippen LogP contribution in [0.4, 0.5) is 0 Å². The van der Waals surface area contributed by atoms with E-state index in [-0.39, 0.29) is 18.6 Å². The van der Waals surface area contributed by atoms with E-state index in [1.54, 1.807) is 6.26 Å². The zero-order valence-electron chi connectivity index (χ0n) is 11.5. The Labute approximate surface area is 119 Å². The molecule has 4 heteroatoms. The van der Waals surface area contributed by atoms with Crippen LogP contribution < -0.4 is 5.32 Å². The van der Waals surface area contributed by atoms with E-state index >= 15 is 0 Å².